The number of nitrogens with zero attached hydrogens (tertiary/aromatic N) is 1. The summed E-state index contributed by atoms with van der Waals surface area (Å²) in [6.07, 6.45) is 0. The average molecular weight is 409 g/mol. The van der Waals surface area contributed by atoms with Crippen LogP contribution in [0.3, 0.4) is 0 Å². The van der Waals surface area contributed by atoms with Crippen LogP contribution in [-0.2, 0) is 4.57 Å². The molecule has 0 radical (unpaired) electrons. The van der Waals surface area contributed by atoms with Crippen LogP contribution in [-0.4, -0.2) is 12.1 Å². The van der Waals surface area contributed by atoms with Crippen molar-refractivity contribution in [3.05, 3.63) is 103 Å². The van der Waals surface area contributed by atoms with Gasteiger partial charge in [0.05, 0.1) is 12.6 Å². The highest BCUT2D eigenvalue weighted by atomic mass is 31.2. The molecule has 0 atom stereocenters. The summed E-state index contributed by atoms with van der Waals surface area (Å²) in [5.74, 6) is 0.775. The lowest BCUT2D eigenvalue weighted by atomic mass is 10.1. The summed E-state index contributed by atoms with van der Waals surface area (Å²) in [5, 5.41) is 4.46. The van der Waals surface area contributed by atoms with Crippen LogP contribution < -0.4 is 20.8 Å². The Labute approximate surface area is 175 Å². The molecule has 0 unspecified atom stereocenters. The molecule has 3 nitrogen and oxygen atoms in total. The second kappa shape index (κ2) is 7.44. The van der Waals surface area contributed by atoms with E-state index >= 15 is 0 Å². The smallest absolute Gasteiger partial charge is 0.189 e. The van der Waals surface area contributed by atoms with Gasteiger partial charge < -0.3 is 9.30 Å². The average Bonchev–Trinajstić information content (AvgIpc) is 2.84. The Hall–Kier alpha value is -3.42. The van der Waals surface area contributed by atoms with Gasteiger partial charge in [0.25, 0.3) is 0 Å². The molecular formula is C26H20NO2P. The van der Waals surface area contributed by atoms with E-state index in [1.54, 1.807) is 7.11 Å². The highest BCUT2D eigenvalue weighted by Gasteiger charge is 2.33. The van der Waals surface area contributed by atoms with Crippen LogP contribution in [0.2, 0.25) is 0 Å². The first-order valence-electron chi connectivity index (χ1n) is 9.80. The molecular weight excluding hydrogens is 389 g/mol. The maximum Gasteiger partial charge on any atom is 0.189 e. The second-order valence-corrected chi connectivity index (χ2v) is 9.82. The van der Waals surface area contributed by atoms with Gasteiger partial charge in [-0.3, -0.25) is 0 Å². The summed E-state index contributed by atoms with van der Waals surface area (Å²) in [7, 11) is -1.53. The number of hydrogen-bond donors (Lipinski definition) is 0. The van der Waals surface area contributed by atoms with Gasteiger partial charge in [-0.2, -0.15) is 0 Å². The van der Waals surface area contributed by atoms with Crippen molar-refractivity contribution in [2.75, 3.05) is 7.11 Å². The van der Waals surface area contributed by atoms with Crippen LogP contribution in [0, 0.1) is 0 Å². The van der Waals surface area contributed by atoms with Crippen LogP contribution in [0.1, 0.15) is 0 Å². The van der Waals surface area contributed by atoms with Gasteiger partial charge in [-0.25, -0.2) is 4.98 Å². The minimum absolute atomic E-state index is 0.619. The zero-order valence-electron chi connectivity index (χ0n) is 16.5. The second-order valence-electron chi connectivity index (χ2n) is 7.14. The molecule has 0 aliphatic heterocycles. The van der Waals surface area contributed by atoms with Crippen LogP contribution in [0.4, 0.5) is 0 Å². The van der Waals surface area contributed by atoms with Crippen molar-refractivity contribution in [3.8, 4) is 5.75 Å². The highest BCUT2D eigenvalue weighted by molar-refractivity contribution is 7.85. The molecule has 0 N–H and O–H groups in total. The molecule has 5 aromatic rings. The Morgan fingerprint density at radius 1 is 0.667 bits per heavy atom. The van der Waals surface area contributed by atoms with Gasteiger partial charge in [-0.1, -0.05) is 84.9 Å². The third-order valence-corrected chi connectivity index (χ3v) is 8.41. The molecule has 0 fully saturated rings. The van der Waals surface area contributed by atoms with E-state index in [1.165, 1.54) is 0 Å². The van der Waals surface area contributed by atoms with Crippen molar-refractivity contribution in [2.24, 2.45) is 0 Å². The van der Waals surface area contributed by atoms with Gasteiger partial charge in [0, 0.05) is 21.4 Å². The summed E-state index contributed by atoms with van der Waals surface area (Å²) in [6, 6.07) is 33.2. The van der Waals surface area contributed by atoms with E-state index in [4.69, 9.17) is 9.72 Å². The Morgan fingerprint density at radius 2 is 1.23 bits per heavy atom. The molecule has 0 spiro atoms. The first-order valence-corrected chi connectivity index (χ1v) is 11.5. The summed E-state index contributed by atoms with van der Waals surface area (Å²) in [6.45, 7) is 0. The van der Waals surface area contributed by atoms with Gasteiger partial charge in [0.2, 0.25) is 0 Å². The standard InChI is InChI=1S/C26H20NO2P/c1-29-19-16-17-25-24(18-19)22-14-8-9-15-23(22)26(27-25)30(28,20-10-4-2-5-11-20)21-12-6-3-7-13-21/h2-18H,1H3. The van der Waals surface area contributed by atoms with Crippen LogP contribution >= 0.6 is 7.14 Å². The Bertz CT molecular complexity index is 1360. The van der Waals surface area contributed by atoms with Gasteiger partial charge in [-0.05, 0) is 23.6 Å². The third-order valence-electron chi connectivity index (χ3n) is 5.43. The predicted molar refractivity (Wildman–Crippen MR) is 125 cm³/mol. The fourth-order valence-electron chi connectivity index (χ4n) is 3.95. The molecule has 0 saturated heterocycles. The fourth-order valence-corrected chi connectivity index (χ4v) is 6.71. The zero-order chi connectivity index (χ0) is 20.6. The molecule has 0 amide bonds. The quantitative estimate of drug-likeness (QED) is 0.309. The summed E-state index contributed by atoms with van der Waals surface area (Å²) >= 11 is 0. The number of benzene rings is 4. The van der Waals surface area contributed by atoms with Crippen molar-refractivity contribution in [2.45, 2.75) is 0 Å². The Balaban J connectivity index is 1.93. The summed E-state index contributed by atoms with van der Waals surface area (Å²) in [5.41, 5.74) is 1.42. The number of fused-ring (bicyclic) bond motifs is 3. The summed E-state index contributed by atoms with van der Waals surface area (Å²) in [4.78, 5) is 4.98. The lowest BCUT2D eigenvalue weighted by Crippen LogP contribution is -2.27. The van der Waals surface area contributed by atoms with Crippen molar-refractivity contribution >= 4 is 44.9 Å². The first kappa shape index (κ1) is 18.6. The molecule has 0 bridgehead atoms. The van der Waals surface area contributed by atoms with Gasteiger partial charge >= 0.3 is 0 Å². The predicted octanol–water partition coefficient (Wildman–Crippen LogP) is 5.04. The number of hydrogen-bond acceptors (Lipinski definition) is 3. The third kappa shape index (κ3) is 2.91. The molecule has 146 valence electrons. The number of ether oxygens (including phenoxy) is 1. The Kier molecular flexibility index (Phi) is 4.61. The lowest BCUT2D eigenvalue weighted by molar-refractivity contribution is 0.415. The lowest BCUT2D eigenvalue weighted by Gasteiger charge is -2.21. The van der Waals surface area contributed by atoms with Crippen molar-refractivity contribution < 1.29 is 9.30 Å². The van der Waals surface area contributed by atoms with Crippen molar-refractivity contribution in [1.82, 2.24) is 4.98 Å². The van der Waals surface area contributed by atoms with Crippen LogP contribution in [0.5, 0.6) is 5.75 Å². The van der Waals surface area contributed by atoms with Crippen molar-refractivity contribution in [3.63, 3.8) is 0 Å². The van der Waals surface area contributed by atoms with Crippen LogP contribution in [0.15, 0.2) is 103 Å². The van der Waals surface area contributed by atoms with Gasteiger partial charge in [-0.15, -0.1) is 0 Å². The number of pyridine rings is 1. The molecule has 5 rings (SSSR count). The largest absolute Gasteiger partial charge is 0.497 e. The van der Waals surface area contributed by atoms with E-state index in [1.807, 2.05) is 97.1 Å². The highest BCUT2D eigenvalue weighted by Crippen LogP contribution is 2.44. The van der Waals surface area contributed by atoms with E-state index < -0.39 is 7.14 Å². The van der Waals surface area contributed by atoms with E-state index in [0.717, 1.165) is 38.0 Å². The number of rotatable bonds is 4. The van der Waals surface area contributed by atoms with E-state index in [-0.39, 0.29) is 0 Å². The van der Waals surface area contributed by atoms with Gasteiger partial charge in [0.15, 0.2) is 7.14 Å². The van der Waals surface area contributed by atoms with Gasteiger partial charge in [0.1, 0.15) is 11.2 Å². The van der Waals surface area contributed by atoms with Crippen LogP contribution in [0.25, 0.3) is 21.7 Å². The molecule has 1 aromatic heterocycles. The first-order chi connectivity index (χ1) is 14.7. The normalized spacial score (nSPS) is 11.6. The molecule has 30 heavy (non-hydrogen) atoms. The molecule has 0 aliphatic rings. The minimum atomic E-state index is -3.19. The Morgan fingerprint density at radius 3 is 1.83 bits per heavy atom. The van der Waals surface area contributed by atoms with E-state index in [9.17, 15) is 4.57 Å². The minimum Gasteiger partial charge on any atom is -0.497 e. The molecule has 0 saturated carbocycles. The number of methoxy groups -OCH3 is 1. The topological polar surface area (TPSA) is 39.2 Å². The monoisotopic (exact) mass is 409 g/mol. The molecule has 1 heterocycles. The maximum absolute atomic E-state index is 14.9. The number of aromatic nitrogens is 1. The molecule has 0 aliphatic carbocycles. The van der Waals surface area contributed by atoms with E-state index in [2.05, 4.69) is 6.07 Å². The fraction of sp³-hybridized carbons (Fsp3) is 0.0385. The zero-order valence-corrected chi connectivity index (χ0v) is 17.4. The maximum atomic E-state index is 14.9. The van der Waals surface area contributed by atoms with Crippen molar-refractivity contribution in [1.29, 1.82) is 0 Å². The summed E-state index contributed by atoms with van der Waals surface area (Å²) < 4.78 is 20.3. The molecule has 4 aromatic carbocycles. The molecule has 4 heteroatoms. The van der Waals surface area contributed by atoms with E-state index in [0.29, 0.717) is 5.44 Å². The SMILES string of the molecule is COc1ccc2nc(P(=O)(c3ccccc3)c3ccccc3)c3ccccc3c2c1.